The van der Waals surface area contributed by atoms with Crippen LogP contribution in [0, 0.1) is 0 Å². The third-order valence-electron chi connectivity index (χ3n) is 3.04. The van der Waals surface area contributed by atoms with Crippen LogP contribution in [0.15, 0.2) is 29.2 Å². The molecule has 7 heteroatoms. The van der Waals surface area contributed by atoms with Crippen LogP contribution in [0.5, 0.6) is 0 Å². The fourth-order valence-electron chi connectivity index (χ4n) is 1.96. The highest BCUT2D eigenvalue weighted by atomic mass is 32.2. The summed E-state index contributed by atoms with van der Waals surface area (Å²) in [5, 5.41) is 2.93. The van der Waals surface area contributed by atoms with Crippen LogP contribution in [-0.2, 0) is 19.4 Å². The van der Waals surface area contributed by atoms with E-state index in [4.69, 9.17) is 4.74 Å². The van der Waals surface area contributed by atoms with Gasteiger partial charge in [0.1, 0.15) is 6.04 Å². The van der Waals surface area contributed by atoms with Gasteiger partial charge in [0, 0.05) is 6.26 Å². The Balaban J connectivity index is 2.11. The molecule has 0 amide bonds. The highest BCUT2D eigenvalue weighted by Gasteiger charge is 2.26. The van der Waals surface area contributed by atoms with E-state index in [1.54, 1.807) is 0 Å². The van der Waals surface area contributed by atoms with Gasteiger partial charge in [-0.25, -0.2) is 18.0 Å². The second-order valence-electron chi connectivity index (χ2n) is 4.66. The molecule has 108 valence electrons. The maximum atomic E-state index is 11.8. The highest BCUT2D eigenvalue weighted by Crippen LogP contribution is 2.13. The molecule has 0 aromatic heterocycles. The Morgan fingerprint density at radius 3 is 2.70 bits per heavy atom. The van der Waals surface area contributed by atoms with Crippen molar-refractivity contribution in [1.29, 1.82) is 0 Å². The third kappa shape index (κ3) is 3.43. The number of benzene rings is 1. The van der Waals surface area contributed by atoms with Crippen molar-refractivity contribution >= 4 is 21.8 Å². The normalized spacial score (nSPS) is 18.8. The number of nitrogens with one attached hydrogen (secondary N) is 1. The summed E-state index contributed by atoms with van der Waals surface area (Å²) in [7, 11) is -3.41. The van der Waals surface area contributed by atoms with Crippen LogP contribution in [0.1, 0.15) is 23.2 Å². The molecule has 1 N–H and O–H groups in total. The lowest BCUT2D eigenvalue weighted by Crippen LogP contribution is -2.33. The molecule has 1 aliphatic heterocycles. The lowest BCUT2D eigenvalue weighted by molar-refractivity contribution is -0.139. The first-order valence-electron chi connectivity index (χ1n) is 6.17. The fraction of sp³-hybridized carbons (Fsp3) is 0.385. The lowest BCUT2D eigenvalue weighted by atomic mass is 10.2. The van der Waals surface area contributed by atoms with E-state index >= 15 is 0 Å². The summed E-state index contributed by atoms with van der Waals surface area (Å²) in [5.41, 5.74) is 0.0410. The number of esters is 2. The van der Waals surface area contributed by atoms with Crippen LogP contribution in [0.25, 0.3) is 0 Å². The number of hydrogen-bond acceptors (Lipinski definition) is 6. The number of carbonyl (C=O) groups is 2. The SMILES string of the molecule is CS(=O)(=O)c1cccc(C(=O)OC(=O)[C@H]2CCCN2)c1. The summed E-state index contributed by atoms with van der Waals surface area (Å²) in [6.07, 6.45) is 2.54. The molecule has 1 atom stereocenters. The van der Waals surface area contributed by atoms with Gasteiger partial charge in [0.05, 0.1) is 10.5 Å². The molecule has 1 aliphatic rings. The van der Waals surface area contributed by atoms with E-state index in [2.05, 4.69) is 5.32 Å². The summed E-state index contributed by atoms with van der Waals surface area (Å²) in [5.74, 6) is -1.47. The molecule has 0 unspecified atom stereocenters. The molecule has 1 fully saturated rings. The smallest absolute Gasteiger partial charge is 0.345 e. The Kier molecular flexibility index (Phi) is 4.20. The standard InChI is InChI=1S/C13H15NO5S/c1-20(17,18)10-5-2-4-9(8-10)12(15)19-13(16)11-6-3-7-14-11/h2,4-5,8,11,14H,3,6-7H2,1H3/t11-/m1/s1. The highest BCUT2D eigenvalue weighted by molar-refractivity contribution is 7.90. The van der Waals surface area contributed by atoms with Crippen molar-refractivity contribution in [2.45, 2.75) is 23.8 Å². The minimum absolute atomic E-state index is 0.0124. The number of ether oxygens (including phenoxy) is 1. The van der Waals surface area contributed by atoms with E-state index < -0.39 is 27.8 Å². The fourth-order valence-corrected chi connectivity index (χ4v) is 2.63. The molecule has 0 radical (unpaired) electrons. The van der Waals surface area contributed by atoms with Crippen LogP contribution in [0.2, 0.25) is 0 Å². The van der Waals surface area contributed by atoms with Crippen molar-refractivity contribution in [3.63, 3.8) is 0 Å². The van der Waals surface area contributed by atoms with Gasteiger partial charge in [0.15, 0.2) is 9.84 Å². The zero-order valence-corrected chi connectivity index (χ0v) is 11.8. The Labute approximate surface area is 117 Å². The molecular formula is C13H15NO5S. The Bertz CT molecular complexity index is 632. The van der Waals surface area contributed by atoms with Gasteiger partial charge < -0.3 is 10.1 Å². The number of hydrogen-bond donors (Lipinski definition) is 1. The zero-order chi connectivity index (χ0) is 14.8. The molecule has 0 aliphatic carbocycles. The molecule has 1 aromatic rings. The molecule has 6 nitrogen and oxygen atoms in total. The van der Waals surface area contributed by atoms with Crippen LogP contribution in [-0.4, -0.2) is 39.2 Å². The predicted molar refractivity (Wildman–Crippen MR) is 71.0 cm³/mol. The molecule has 0 spiro atoms. The van der Waals surface area contributed by atoms with E-state index in [0.29, 0.717) is 6.42 Å². The first-order valence-corrected chi connectivity index (χ1v) is 8.06. The third-order valence-corrected chi connectivity index (χ3v) is 4.15. The van der Waals surface area contributed by atoms with Crippen molar-refractivity contribution in [2.75, 3.05) is 12.8 Å². The number of sulfone groups is 1. The predicted octanol–water partition coefficient (Wildman–Crippen LogP) is 0.525. The van der Waals surface area contributed by atoms with Gasteiger partial charge in [-0.05, 0) is 37.6 Å². The molecule has 20 heavy (non-hydrogen) atoms. The molecule has 1 aromatic carbocycles. The second-order valence-corrected chi connectivity index (χ2v) is 6.67. The van der Waals surface area contributed by atoms with E-state index in [9.17, 15) is 18.0 Å². The van der Waals surface area contributed by atoms with Crippen molar-refractivity contribution in [3.05, 3.63) is 29.8 Å². The topological polar surface area (TPSA) is 89.5 Å². The molecule has 2 rings (SSSR count). The number of carbonyl (C=O) groups excluding carboxylic acids is 2. The van der Waals surface area contributed by atoms with Gasteiger partial charge in [0.2, 0.25) is 0 Å². The van der Waals surface area contributed by atoms with E-state index in [1.165, 1.54) is 24.3 Å². The summed E-state index contributed by atoms with van der Waals surface area (Å²) in [6, 6.07) is 4.97. The van der Waals surface area contributed by atoms with Crippen LogP contribution < -0.4 is 5.32 Å². The summed E-state index contributed by atoms with van der Waals surface area (Å²) >= 11 is 0. The monoisotopic (exact) mass is 297 g/mol. The minimum atomic E-state index is -3.41. The van der Waals surface area contributed by atoms with E-state index in [-0.39, 0.29) is 10.5 Å². The van der Waals surface area contributed by atoms with Crippen LogP contribution >= 0.6 is 0 Å². The molecule has 0 bridgehead atoms. The maximum Gasteiger partial charge on any atom is 0.345 e. The average molecular weight is 297 g/mol. The molecule has 0 saturated carbocycles. The summed E-state index contributed by atoms with van der Waals surface area (Å²) < 4.78 is 27.6. The minimum Gasteiger partial charge on any atom is -0.388 e. The maximum absolute atomic E-state index is 11.8. The van der Waals surface area contributed by atoms with E-state index in [0.717, 1.165) is 19.2 Å². The average Bonchev–Trinajstić information content (AvgIpc) is 2.91. The summed E-state index contributed by atoms with van der Waals surface area (Å²) in [4.78, 5) is 23.5. The quantitative estimate of drug-likeness (QED) is 0.646. The van der Waals surface area contributed by atoms with Gasteiger partial charge in [-0.2, -0.15) is 0 Å². The number of rotatable bonds is 3. The molecule has 1 heterocycles. The Morgan fingerprint density at radius 1 is 1.35 bits per heavy atom. The van der Waals surface area contributed by atoms with Gasteiger partial charge in [0.25, 0.3) is 0 Å². The van der Waals surface area contributed by atoms with E-state index in [1.807, 2.05) is 0 Å². The first kappa shape index (κ1) is 14.7. The van der Waals surface area contributed by atoms with Crippen molar-refractivity contribution in [2.24, 2.45) is 0 Å². The first-order chi connectivity index (χ1) is 9.38. The Hall–Kier alpha value is -1.73. The van der Waals surface area contributed by atoms with Crippen molar-refractivity contribution in [3.8, 4) is 0 Å². The second kappa shape index (κ2) is 5.72. The molecular weight excluding hydrogens is 282 g/mol. The summed E-state index contributed by atoms with van der Waals surface area (Å²) in [6.45, 7) is 0.720. The largest absolute Gasteiger partial charge is 0.388 e. The Morgan fingerprint density at radius 2 is 2.10 bits per heavy atom. The van der Waals surface area contributed by atoms with Gasteiger partial charge in [-0.1, -0.05) is 6.07 Å². The van der Waals surface area contributed by atoms with Gasteiger partial charge in [-0.3, -0.25) is 0 Å². The van der Waals surface area contributed by atoms with Gasteiger partial charge >= 0.3 is 11.9 Å². The van der Waals surface area contributed by atoms with Crippen molar-refractivity contribution < 1.29 is 22.7 Å². The molecule has 1 saturated heterocycles. The van der Waals surface area contributed by atoms with Crippen molar-refractivity contribution in [1.82, 2.24) is 5.32 Å². The van der Waals surface area contributed by atoms with Gasteiger partial charge in [-0.15, -0.1) is 0 Å². The van der Waals surface area contributed by atoms with Crippen LogP contribution in [0.3, 0.4) is 0 Å². The lowest BCUT2D eigenvalue weighted by Gasteiger charge is -2.09. The van der Waals surface area contributed by atoms with Crippen LogP contribution in [0.4, 0.5) is 0 Å². The zero-order valence-electron chi connectivity index (χ0n) is 11.0.